The van der Waals surface area contributed by atoms with Gasteiger partial charge in [-0.15, -0.1) is 0 Å². The zero-order valence-electron chi connectivity index (χ0n) is 8.87. The van der Waals surface area contributed by atoms with Crippen LogP contribution in [0, 0.1) is 5.92 Å². The van der Waals surface area contributed by atoms with Gasteiger partial charge in [-0.1, -0.05) is 6.92 Å². The Labute approximate surface area is 75.9 Å². The second-order valence-corrected chi connectivity index (χ2v) is 4.28. The van der Waals surface area contributed by atoms with E-state index in [9.17, 15) is 0 Å². The van der Waals surface area contributed by atoms with Gasteiger partial charge >= 0.3 is 0 Å². The summed E-state index contributed by atoms with van der Waals surface area (Å²) in [6.07, 6.45) is 1.99. The molecule has 0 aromatic carbocycles. The first-order valence-electron chi connectivity index (χ1n) is 4.84. The van der Waals surface area contributed by atoms with Crippen LogP contribution in [0.5, 0.6) is 0 Å². The van der Waals surface area contributed by atoms with Crippen LogP contribution >= 0.6 is 0 Å². The molecular weight excluding hydrogens is 150 g/mol. The Bertz CT molecular complexity index is 147. The maximum Gasteiger partial charge on any atom is 0.0591 e. The van der Waals surface area contributed by atoms with E-state index in [1.54, 1.807) is 0 Å². The standard InChI is InChI=1S/C10H21NO/c1-7-6-10(11(4)5)8(2)9(3)12-7/h7-10H,6H2,1-5H3/t7?,8?,9-,10?/m1/s1. The fourth-order valence-electron chi connectivity index (χ4n) is 2.09. The summed E-state index contributed by atoms with van der Waals surface area (Å²) in [5.41, 5.74) is 0. The van der Waals surface area contributed by atoms with E-state index in [2.05, 4.69) is 39.8 Å². The first-order chi connectivity index (χ1) is 5.52. The quantitative estimate of drug-likeness (QED) is 0.596. The molecule has 72 valence electrons. The van der Waals surface area contributed by atoms with Crippen molar-refractivity contribution in [2.45, 2.75) is 45.4 Å². The number of ether oxygens (including phenoxy) is 1. The van der Waals surface area contributed by atoms with Crippen LogP contribution in [0.15, 0.2) is 0 Å². The van der Waals surface area contributed by atoms with Gasteiger partial charge in [0.2, 0.25) is 0 Å². The Morgan fingerprint density at radius 1 is 1.17 bits per heavy atom. The van der Waals surface area contributed by atoms with E-state index in [-0.39, 0.29) is 0 Å². The molecule has 1 heterocycles. The predicted octanol–water partition coefficient (Wildman–Crippen LogP) is 1.75. The zero-order chi connectivity index (χ0) is 9.30. The summed E-state index contributed by atoms with van der Waals surface area (Å²) in [5, 5.41) is 0. The molecule has 1 aliphatic heterocycles. The van der Waals surface area contributed by atoms with Crippen molar-refractivity contribution >= 4 is 0 Å². The van der Waals surface area contributed by atoms with Crippen molar-refractivity contribution in [3.63, 3.8) is 0 Å². The fraction of sp³-hybridized carbons (Fsp3) is 1.00. The minimum absolute atomic E-state index is 0.404. The SMILES string of the molecule is CC1CC(N(C)C)C(C)[C@@H](C)O1. The Morgan fingerprint density at radius 2 is 1.75 bits per heavy atom. The van der Waals surface area contributed by atoms with Gasteiger partial charge in [0.1, 0.15) is 0 Å². The van der Waals surface area contributed by atoms with Crippen LogP contribution < -0.4 is 0 Å². The lowest BCUT2D eigenvalue weighted by atomic mass is 9.88. The highest BCUT2D eigenvalue weighted by molar-refractivity contribution is 4.84. The summed E-state index contributed by atoms with van der Waals surface area (Å²) in [6, 6.07) is 0.684. The minimum Gasteiger partial charge on any atom is -0.375 e. The molecule has 1 fully saturated rings. The Hall–Kier alpha value is -0.0800. The van der Waals surface area contributed by atoms with Crippen LogP contribution in [-0.4, -0.2) is 37.2 Å². The third-order valence-electron chi connectivity index (χ3n) is 3.03. The van der Waals surface area contributed by atoms with Gasteiger partial charge in [0.05, 0.1) is 12.2 Å². The minimum atomic E-state index is 0.404. The molecule has 1 rings (SSSR count). The van der Waals surface area contributed by atoms with Gasteiger partial charge in [-0.25, -0.2) is 0 Å². The molecule has 0 bridgehead atoms. The van der Waals surface area contributed by atoms with Crippen molar-refractivity contribution in [3.8, 4) is 0 Å². The molecule has 0 N–H and O–H groups in total. The molecule has 1 aliphatic rings. The maximum atomic E-state index is 5.75. The molecule has 1 saturated heterocycles. The summed E-state index contributed by atoms with van der Waals surface area (Å²) in [7, 11) is 4.32. The normalized spacial score (nSPS) is 43.5. The average Bonchev–Trinajstić information content (AvgIpc) is 1.96. The van der Waals surface area contributed by atoms with Crippen LogP contribution in [0.25, 0.3) is 0 Å². The van der Waals surface area contributed by atoms with Crippen molar-refractivity contribution in [1.29, 1.82) is 0 Å². The topological polar surface area (TPSA) is 12.5 Å². The summed E-state index contributed by atoms with van der Waals surface area (Å²) in [5.74, 6) is 0.649. The van der Waals surface area contributed by atoms with Crippen LogP contribution in [-0.2, 0) is 4.74 Å². The molecule has 3 unspecified atom stereocenters. The van der Waals surface area contributed by atoms with E-state index in [1.165, 1.54) is 6.42 Å². The Morgan fingerprint density at radius 3 is 2.25 bits per heavy atom. The molecule has 0 aromatic rings. The highest BCUT2D eigenvalue weighted by Crippen LogP contribution is 2.27. The molecule has 0 aromatic heterocycles. The molecule has 2 nitrogen and oxygen atoms in total. The van der Waals surface area contributed by atoms with Crippen molar-refractivity contribution in [2.24, 2.45) is 5.92 Å². The summed E-state index contributed by atoms with van der Waals surface area (Å²) < 4.78 is 5.75. The van der Waals surface area contributed by atoms with Crippen LogP contribution in [0.2, 0.25) is 0 Å². The van der Waals surface area contributed by atoms with Crippen LogP contribution in [0.4, 0.5) is 0 Å². The first kappa shape index (κ1) is 10.0. The van der Waals surface area contributed by atoms with Crippen molar-refractivity contribution in [3.05, 3.63) is 0 Å². The predicted molar refractivity (Wildman–Crippen MR) is 51.3 cm³/mol. The van der Waals surface area contributed by atoms with E-state index in [4.69, 9.17) is 4.74 Å². The number of rotatable bonds is 1. The molecule has 0 amide bonds. The fourth-order valence-corrected chi connectivity index (χ4v) is 2.09. The molecule has 2 heteroatoms. The largest absolute Gasteiger partial charge is 0.375 e. The van der Waals surface area contributed by atoms with Gasteiger partial charge < -0.3 is 9.64 Å². The Kier molecular flexibility index (Phi) is 3.13. The zero-order valence-corrected chi connectivity index (χ0v) is 8.87. The third-order valence-corrected chi connectivity index (χ3v) is 3.03. The van der Waals surface area contributed by atoms with Crippen molar-refractivity contribution < 1.29 is 4.74 Å². The van der Waals surface area contributed by atoms with Gasteiger partial charge in [0.15, 0.2) is 0 Å². The highest BCUT2D eigenvalue weighted by Gasteiger charge is 2.32. The second kappa shape index (κ2) is 3.75. The molecule has 0 saturated carbocycles. The number of hydrogen-bond donors (Lipinski definition) is 0. The van der Waals surface area contributed by atoms with E-state index in [0.29, 0.717) is 24.2 Å². The van der Waals surface area contributed by atoms with E-state index >= 15 is 0 Å². The lowest BCUT2D eigenvalue weighted by molar-refractivity contribution is -0.0921. The highest BCUT2D eigenvalue weighted by atomic mass is 16.5. The van der Waals surface area contributed by atoms with E-state index in [1.807, 2.05) is 0 Å². The summed E-state index contributed by atoms with van der Waals surface area (Å²) >= 11 is 0. The smallest absolute Gasteiger partial charge is 0.0591 e. The average molecular weight is 171 g/mol. The number of hydrogen-bond acceptors (Lipinski definition) is 2. The molecule has 0 aliphatic carbocycles. The lowest BCUT2D eigenvalue weighted by Crippen LogP contribution is -2.47. The number of nitrogens with zero attached hydrogens (tertiary/aromatic N) is 1. The van der Waals surface area contributed by atoms with Gasteiger partial charge in [-0.2, -0.15) is 0 Å². The molecule has 4 atom stereocenters. The van der Waals surface area contributed by atoms with Gasteiger partial charge in [0.25, 0.3) is 0 Å². The lowest BCUT2D eigenvalue weighted by Gasteiger charge is -2.41. The van der Waals surface area contributed by atoms with Crippen molar-refractivity contribution in [1.82, 2.24) is 4.90 Å². The van der Waals surface area contributed by atoms with Crippen LogP contribution in [0.3, 0.4) is 0 Å². The van der Waals surface area contributed by atoms with Gasteiger partial charge in [-0.3, -0.25) is 0 Å². The molecule has 0 spiro atoms. The Balaban J connectivity index is 2.60. The first-order valence-corrected chi connectivity index (χ1v) is 4.84. The summed E-state index contributed by atoms with van der Waals surface area (Å²) in [6.45, 7) is 6.62. The monoisotopic (exact) mass is 171 g/mol. The molecule has 0 radical (unpaired) electrons. The van der Waals surface area contributed by atoms with Crippen LogP contribution in [0.1, 0.15) is 27.2 Å². The van der Waals surface area contributed by atoms with E-state index < -0.39 is 0 Å². The maximum absolute atomic E-state index is 5.75. The molecule has 12 heavy (non-hydrogen) atoms. The molecular formula is C10H21NO. The van der Waals surface area contributed by atoms with Gasteiger partial charge in [-0.05, 0) is 40.3 Å². The summed E-state index contributed by atoms with van der Waals surface area (Å²) in [4.78, 5) is 2.32. The van der Waals surface area contributed by atoms with Gasteiger partial charge in [0, 0.05) is 6.04 Å². The third kappa shape index (κ3) is 1.99. The van der Waals surface area contributed by atoms with Crippen molar-refractivity contribution in [2.75, 3.05) is 14.1 Å². The van der Waals surface area contributed by atoms with E-state index in [0.717, 1.165) is 0 Å². The second-order valence-electron chi connectivity index (χ2n) is 4.28.